The van der Waals surface area contributed by atoms with Crippen LogP contribution in [0.2, 0.25) is 0 Å². The highest BCUT2D eigenvalue weighted by Crippen LogP contribution is 2.23. The topological polar surface area (TPSA) is 77.4 Å². The largest absolute Gasteiger partial charge is 0.332 e. The van der Waals surface area contributed by atoms with E-state index in [0.717, 1.165) is 11.3 Å². The van der Waals surface area contributed by atoms with Crippen LogP contribution in [0.15, 0.2) is 39.5 Å². The first-order valence-corrected chi connectivity index (χ1v) is 7.62. The number of fused-ring (bicyclic) bond motifs is 3. The van der Waals surface area contributed by atoms with Crippen molar-refractivity contribution in [2.75, 3.05) is 11.6 Å². The van der Waals surface area contributed by atoms with Gasteiger partial charge in [0, 0.05) is 7.05 Å². The smallest absolute Gasteiger partial charge is 0.297 e. The molecule has 3 rings (SSSR count). The molecular weight excluding hydrogens is 308 g/mol. The second kappa shape index (κ2) is 5.63. The molecule has 24 heavy (non-hydrogen) atoms. The molecule has 0 fully saturated rings. The Morgan fingerprint density at radius 1 is 1.38 bits per heavy atom. The third-order valence-corrected chi connectivity index (χ3v) is 3.85. The lowest BCUT2D eigenvalue weighted by Crippen LogP contribution is -2.40. The molecule has 2 aromatic rings. The van der Waals surface area contributed by atoms with E-state index in [2.05, 4.69) is 23.2 Å². The maximum Gasteiger partial charge on any atom is 0.332 e. The molecule has 8 nitrogen and oxygen atoms in total. The quantitative estimate of drug-likeness (QED) is 0.780. The minimum atomic E-state index is -0.404. The Labute approximate surface area is 138 Å². The fourth-order valence-electron chi connectivity index (χ4n) is 2.87. The molecule has 2 aromatic heterocycles. The van der Waals surface area contributed by atoms with Crippen LogP contribution < -0.4 is 16.3 Å². The van der Waals surface area contributed by atoms with E-state index in [1.165, 1.54) is 9.13 Å². The van der Waals surface area contributed by atoms with Crippen molar-refractivity contribution >= 4 is 22.8 Å². The molecule has 0 saturated heterocycles. The fourth-order valence-corrected chi connectivity index (χ4v) is 2.87. The zero-order chi connectivity index (χ0) is 17.6. The highest BCUT2D eigenvalue weighted by atomic mass is 16.2. The summed E-state index contributed by atoms with van der Waals surface area (Å²) in [7, 11) is 1.61. The first-order valence-electron chi connectivity index (χ1n) is 7.62. The van der Waals surface area contributed by atoms with Gasteiger partial charge in [0.1, 0.15) is 0 Å². The van der Waals surface area contributed by atoms with Crippen molar-refractivity contribution in [3.05, 3.63) is 45.6 Å². The molecule has 0 aromatic carbocycles. The summed E-state index contributed by atoms with van der Waals surface area (Å²) in [6, 6.07) is 0. The molecule has 126 valence electrons. The molecule has 0 amide bonds. The Hall–Kier alpha value is -2.90. The minimum absolute atomic E-state index is 0.186. The van der Waals surface area contributed by atoms with Gasteiger partial charge in [-0.25, -0.2) is 9.80 Å². The van der Waals surface area contributed by atoms with Gasteiger partial charge in [-0.2, -0.15) is 10.1 Å². The summed E-state index contributed by atoms with van der Waals surface area (Å²) >= 11 is 0. The van der Waals surface area contributed by atoms with E-state index in [4.69, 9.17) is 0 Å². The van der Waals surface area contributed by atoms with E-state index >= 15 is 0 Å². The first-order chi connectivity index (χ1) is 11.3. The molecule has 3 heterocycles. The van der Waals surface area contributed by atoms with Gasteiger partial charge >= 0.3 is 5.69 Å². The number of anilines is 1. The van der Waals surface area contributed by atoms with Gasteiger partial charge in [-0.15, -0.1) is 6.58 Å². The van der Waals surface area contributed by atoms with Crippen LogP contribution in [-0.4, -0.2) is 30.9 Å². The van der Waals surface area contributed by atoms with Crippen LogP contribution in [0.5, 0.6) is 0 Å². The van der Waals surface area contributed by atoms with Gasteiger partial charge in [0.05, 0.1) is 25.3 Å². The normalized spacial score (nSPS) is 13.8. The van der Waals surface area contributed by atoms with Crippen LogP contribution >= 0.6 is 0 Å². The number of allylic oxidation sites excluding steroid dienone is 1. The summed E-state index contributed by atoms with van der Waals surface area (Å²) in [6.07, 6.45) is 1.71. The third kappa shape index (κ3) is 2.31. The lowest BCUT2D eigenvalue weighted by molar-refractivity contribution is 0.648. The second-order valence-corrected chi connectivity index (χ2v) is 6.07. The molecule has 0 unspecified atom stereocenters. The number of hydrogen-bond acceptors (Lipinski definition) is 5. The van der Waals surface area contributed by atoms with Crippen molar-refractivity contribution in [3.63, 3.8) is 0 Å². The zero-order valence-corrected chi connectivity index (χ0v) is 14.1. The molecule has 0 aliphatic carbocycles. The molecule has 1 aliphatic rings. The second-order valence-electron chi connectivity index (χ2n) is 6.07. The van der Waals surface area contributed by atoms with Crippen LogP contribution in [0, 0.1) is 0 Å². The van der Waals surface area contributed by atoms with Crippen molar-refractivity contribution in [1.29, 1.82) is 0 Å². The molecule has 0 atom stereocenters. The number of aromatic nitrogens is 4. The van der Waals surface area contributed by atoms with Crippen LogP contribution in [-0.2, 0) is 20.1 Å². The number of hydrazone groups is 1. The van der Waals surface area contributed by atoms with Crippen molar-refractivity contribution in [2.45, 2.75) is 26.9 Å². The maximum absolute atomic E-state index is 12.9. The molecule has 1 aliphatic heterocycles. The average molecular weight is 328 g/mol. The molecule has 0 spiro atoms. The van der Waals surface area contributed by atoms with Crippen LogP contribution in [0.4, 0.5) is 5.95 Å². The number of nitrogens with zero attached hydrogens (tertiary/aromatic N) is 6. The van der Waals surface area contributed by atoms with Gasteiger partial charge in [0.25, 0.3) is 5.56 Å². The van der Waals surface area contributed by atoms with E-state index < -0.39 is 5.69 Å². The SMILES string of the molecule is C=CCN1N=C(C)Cn2c1nc1c2c(=O)n(CC(=C)C)c(=O)n1C. The number of aryl methyl sites for hydroxylation is 1. The van der Waals surface area contributed by atoms with Gasteiger partial charge in [-0.05, 0) is 13.8 Å². The lowest BCUT2D eigenvalue weighted by Gasteiger charge is -2.23. The molecule has 0 saturated carbocycles. The summed E-state index contributed by atoms with van der Waals surface area (Å²) < 4.78 is 4.39. The minimum Gasteiger partial charge on any atom is -0.297 e. The molecule has 0 radical (unpaired) electrons. The van der Waals surface area contributed by atoms with E-state index in [0.29, 0.717) is 30.2 Å². The van der Waals surface area contributed by atoms with Crippen LogP contribution in [0.1, 0.15) is 13.8 Å². The predicted octanol–water partition coefficient (Wildman–Crippen LogP) is 0.855. The Bertz CT molecular complexity index is 1000. The molecule has 0 N–H and O–H groups in total. The van der Waals surface area contributed by atoms with Crippen LogP contribution in [0.25, 0.3) is 11.2 Å². The highest BCUT2D eigenvalue weighted by Gasteiger charge is 2.25. The van der Waals surface area contributed by atoms with E-state index in [9.17, 15) is 9.59 Å². The maximum atomic E-state index is 12.9. The fraction of sp³-hybridized carbons (Fsp3) is 0.375. The number of imidazole rings is 1. The molecular formula is C16H20N6O2. The van der Waals surface area contributed by atoms with Crippen molar-refractivity contribution < 1.29 is 0 Å². The highest BCUT2D eigenvalue weighted by molar-refractivity contribution is 5.87. The summed E-state index contributed by atoms with van der Waals surface area (Å²) in [5.41, 5.74) is 1.58. The first kappa shape index (κ1) is 16.0. The standard InChI is InChI=1S/C16H20N6O2/c1-6-7-22-15-17-13-12(20(15)9-11(4)18-22)14(23)21(8-10(2)3)16(24)19(13)5/h6H,1-2,7-9H2,3-5H3. The Morgan fingerprint density at radius 2 is 2.08 bits per heavy atom. The van der Waals surface area contributed by atoms with Gasteiger partial charge in [0.15, 0.2) is 11.2 Å². The van der Waals surface area contributed by atoms with Crippen molar-refractivity contribution in [3.8, 4) is 0 Å². The van der Waals surface area contributed by atoms with Gasteiger partial charge < -0.3 is 0 Å². The van der Waals surface area contributed by atoms with Crippen molar-refractivity contribution in [1.82, 2.24) is 18.7 Å². The summed E-state index contributed by atoms with van der Waals surface area (Å²) in [6.45, 7) is 12.3. The number of rotatable bonds is 4. The van der Waals surface area contributed by atoms with E-state index in [1.54, 1.807) is 29.6 Å². The predicted molar refractivity (Wildman–Crippen MR) is 94.7 cm³/mol. The lowest BCUT2D eigenvalue weighted by atomic mass is 10.3. The third-order valence-electron chi connectivity index (χ3n) is 3.85. The Morgan fingerprint density at radius 3 is 2.71 bits per heavy atom. The molecule has 0 bridgehead atoms. The van der Waals surface area contributed by atoms with E-state index in [-0.39, 0.29) is 12.1 Å². The summed E-state index contributed by atoms with van der Waals surface area (Å²) in [4.78, 5) is 29.9. The van der Waals surface area contributed by atoms with Gasteiger partial charge in [0.2, 0.25) is 5.95 Å². The summed E-state index contributed by atoms with van der Waals surface area (Å²) in [5, 5.41) is 6.13. The average Bonchev–Trinajstić information content (AvgIpc) is 2.89. The van der Waals surface area contributed by atoms with Crippen LogP contribution in [0.3, 0.4) is 0 Å². The van der Waals surface area contributed by atoms with Gasteiger partial charge in [-0.1, -0.05) is 18.2 Å². The Kier molecular flexibility index (Phi) is 3.75. The monoisotopic (exact) mass is 328 g/mol. The van der Waals surface area contributed by atoms with E-state index in [1.807, 2.05) is 6.92 Å². The molecule has 8 heteroatoms. The Balaban J connectivity index is 2.37. The number of hydrogen-bond donors (Lipinski definition) is 0. The zero-order valence-electron chi connectivity index (χ0n) is 14.1. The van der Waals surface area contributed by atoms with Crippen molar-refractivity contribution in [2.24, 2.45) is 12.1 Å². The summed E-state index contributed by atoms with van der Waals surface area (Å²) in [5.74, 6) is 0.538. The van der Waals surface area contributed by atoms with Gasteiger partial charge in [-0.3, -0.25) is 18.5 Å².